The first-order valence-corrected chi connectivity index (χ1v) is 7.56. The molecule has 1 aromatic rings. The zero-order valence-electron chi connectivity index (χ0n) is 12.1. The number of aliphatic hydroxyl groups excluding tert-OH is 1. The minimum atomic E-state index is -0.970. The molecule has 1 aliphatic carbocycles. The highest BCUT2D eigenvalue weighted by Crippen LogP contribution is 2.46. The Morgan fingerprint density at radius 3 is 2.71 bits per heavy atom. The topological polar surface area (TPSA) is 72.8 Å². The number of carboxylic acid groups (broad SMARTS) is 1. The fraction of sp³-hybridized carbons (Fsp3) is 0.562. The van der Waals surface area contributed by atoms with Crippen molar-refractivity contribution in [1.82, 2.24) is 10.2 Å². The molecule has 0 unspecified atom stereocenters. The number of aliphatic hydroxyl groups is 1. The van der Waals surface area contributed by atoms with Crippen LogP contribution in [-0.4, -0.2) is 45.9 Å². The quantitative estimate of drug-likeness (QED) is 0.791. The van der Waals surface area contributed by atoms with E-state index < -0.39 is 6.09 Å². The van der Waals surface area contributed by atoms with Crippen LogP contribution in [0.5, 0.6) is 0 Å². The lowest BCUT2D eigenvalue weighted by Crippen LogP contribution is -2.45. The fourth-order valence-electron chi connectivity index (χ4n) is 4.29. The highest BCUT2D eigenvalue weighted by Gasteiger charge is 2.54. The second kappa shape index (κ2) is 5.66. The van der Waals surface area contributed by atoms with Crippen LogP contribution in [0.4, 0.5) is 4.79 Å². The zero-order chi connectivity index (χ0) is 15.0. The Bertz CT molecular complexity index is 508. The van der Waals surface area contributed by atoms with E-state index >= 15 is 0 Å². The van der Waals surface area contributed by atoms with E-state index in [1.165, 1.54) is 5.56 Å². The van der Waals surface area contributed by atoms with Gasteiger partial charge in [0.2, 0.25) is 0 Å². The van der Waals surface area contributed by atoms with Crippen LogP contribution in [0.3, 0.4) is 0 Å². The molecule has 2 aliphatic rings. The first kappa shape index (κ1) is 14.4. The van der Waals surface area contributed by atoms with E-state index in [2.05, 4.69) is 29.3 Å². The average Bonchev–Trinajstić information content (AvgIpc) is 3.01. The Morgan fingerprint density at radius 1 is 1.38 bits per heavy atom. The molecule has 114 valence electrons. The minimum Gasteiger partial charge on any atom is -0.465 e. The van der Waals surface area contributed by atoms with Crippen molar-refractivity contribution in [2.24, 2.45) is 5.92 Å². The minimum absolute atomic E-state index is 0.0378. The van der Waals surface area contributed by atoms with Gasteiger partial charge in [-0.05, 0) is 31.2 Å². The Balaban J connectivity index is 1.86. The maximum atomic E-state index is 11.0. The van der Waals surface area contributed by atoms with Gasteiger partial charge in [0.15, 0.2) is 0 Å². The molecular formula is C16H22N2O3. The normalized spacial score (nSPS) is 33.0. The van der Waals surface area contributed by atoms with Gasteiger partial charge in [-0.2, -0.15) is 0 Å². The first-order valence-electron chi connectivity index (χ1n) is 7.56. The van der Waals surface area contributed by atoms with Crippen molar-refractivity contribution in [3.8, 4) is 0 Å². The van der Waals surface area contributed by atoms with Gasteiger partial charge in [0, 0.05) is 18.1 Å². The molecule has 5 atom stereocenters. The third-order valence-electron chi connectivity index (χ3n) is 5.14. The monoisotopic (exact) mass is 290 g/mol. The summed E-state index contributed by atoms with van der Waals surface area (Å²) in [5.74, 6) is 0.210. The summed E-state index contributed by atoms with van der Waals surface area (Å²) >= 11 is 0. The van der Waals surface area contributed by atoms with E-state index in [1.807, 2.05) is 18.2 Å². The van der Waals surface area contributed by atoms with E-state index in [1.54, 1.807) is 0 Å². The van der Waals surface area contributed by atoms with Gasteiger partial charge < -0.3 is 15.5 Å². The summed E-state index contributed by atoms with van der Waals surface area (Å²) < 4.78 is 0. The van der Waals surface area contributed by atoms with Gasteiger partial charge in [0.1, 0.15) is 0 Å². The smallest absolute Gasteiger partial charge is 0.404 e. The number of nitrogens with one attached hydrogen (secondary N) is 1. The molecule has 1 saturated heterocycles. The molecule has 2 fully saturated rings. The van der Waals surface area contributed by atoms with Crippen molar-refractivity contribution in [3.05, 3.63) is 35.9 Å². The molecular weight excluding hydrogens is 268 g/mol. The molecule has 3 rings (SSSR count). The number of hydrogen-bond donors (Lipinski definition) is 3. The highest BCUT2D eigenvalue weighted by molar-refractivity contribution is 5.65. The number of piperidine rings is 1. The average molecular weight is 290 g/mol. The number of fused-ring (bicyclic) bond motifs is 2. The van der Waals surface area contributed by atoms with Gasteiger partial charge in [-0.25, -0.2) is 4.79 Å². The van der Waals surface area contributed by atoms with Gasteiger partial charge >= 0.3 is 6.09 Å². The highest BCUT2D eigenvalue weighted by atomic mass is 16.4. The van der Waals surface area contributed by atoms with Gasteiger partial charge in [-0.1, -0.05) is 30.3 Å². The third-order valence-corrected chi connectivity index (χ3v) is 5.14. The SMILES string of the molecule is C[C@@H](c1ccccc1)N1[C@@H]2CC[C@@H]([C@H]2NC(=O)O)[C@@H]1CO. The van der Waals surface area contributed by atoms with Crippen molar-refractivity contribution in [1.29, 1.82) is 0 Å². The Hall–Kier alpha value is -1.59. The fourth-order valence-corrected chi connectivity index (χ4v) is 4.29. The summed E-state index contributed by atoms with van der Waals surface area (Å²) in [6.07, 6.45) is 1.00. The molecule has 1 amide bonds. The maximum absolute atomic E-state index is 11.0. The Kier molecular flexibility index (Phi) is 3.87. The van der Waals surface area contributed by atoms with Gasteiger partial charge in [0.05, 0.1) is 12.6 Å². The lowest BCUT2D eigenvalue weighted by molar-refractivity contribution is 0.0522. The second-order valence-electron chi connectivity index (χ2n) is 6.07. The summed E-state index contributed by atoms with van der Waals surface area (Å²) in [6, 6.07) is 10.5. The summed E-state index contributed by atoms with van der Waals surface area (Å²) in [5, 5.41) is 21.5. The zero-order valence-corrected chi connectivity index (χ0v) is 12.1. The van der Waals surface area contributed by atoms with Crippen molar-refractivity contribution < 1.29 is 15.0 Å². The van der Waals surface area contributed by atoms with E-state index in [4.69, 9.17) is 5.11 Å². The van der Waals surface area contributed by atoms with Crippen molar-refractivity contribution >= 4 is 6.09 Å². The molecule has 1 aliphatic heterocycles. The predicted molar refractivity (Wildman–Crippen MR) is 79.0 cm³/mol. The van der Waals surface area contributed by atoms with E-state index in [9.17, 15) is 9.90 Å². The number of carbonyl (C=O) groups is 1. The molecule has 1 heterocycles. The predicted octanol–water partition coefficient (Wildman–Crippen LogP) is 1.84. The van der Waals surface area contributed by atoms with E-state index in [0.717, 1.165) is 12.8 Å². The van der Waals surface area contributed by atoms with Crippen molar-refractivity contribution in [2.45, 2.75) is 43.9 Å². The lowest BCUT2D eigenvalue weighted by atomic mass is 9.95. The van der Waals surface area contributed by atoms with Gasteiger partial charge in [-0.15, -0.1) is 0 Å². The summed E-state index contributed by atoms with van der Waals surface area (Å²) in [6.45, 7) is 2.21. The van der Waals surface area contributed by atoms with Crippen LogP contribution in [0.25, 0.3) is 0 Å². The molecule has 5 heteroatoms. The molecule has 1 aromatic carbocycles. The number of nitrogens with zero attached hydrogens (tertiary/aromatic N) is 1. The van der Waals surface area contributed by atoms with Crippen molar-refractivity contribution in [3.63, 3.8) is 0 Å². The number of rotatable bonds is 4. The summed E-state index contributed by atoms with van der Waals surface area (Å²) in [4.78, 5) is 13.3. The summed E-state index contributed by atoms with van der Waals surface area (Å²) in [7, 11) is 0. The van der Waals surface area contributed by atoms with Crippen LogP contribution in [0.1, 0.15) is 31.4 Å². The molecule has 0 spiro atoms. The molecule has 5 nitrogen and oxygen atoms in total. The number of likely N-dealkylation sites (tertiary alicyclic amines) is 1. The Morgan fingerprint density at radius 2 is 2.10 bits per heavy atom. The number of benzene rings is 1. The maximum Gasteiger partial charge on any atom is 0.404 e. The van der Waals surface area contributed by atoms with E-state index in [0.29, 0.717) is 0 Å². The van der Waals surface area contributed by atoms with Crippen LogP contribution in [0.2, 0.25) is 0 Å². The Labute approximate surface area is 124 Å². The standard InChI is InChI=1S/C16H22N2O3/c1-10(11-5-3-2-4-6-11)18-13-8-7-12(14(18)9-19)15(13)17-16(20)21/h2-6,10,12-15,17,19H,7-9H2,1H3,(H,20,21)/t10-,12+,13+,14-,15+/m0/s1. The molecule has 0 radical (unpaired) electrons. The molecule has 1 saturated carbocycles. The first-order chi connectivity index (χ1) is 10.1. The van der Waals surface area contributed by atoms with Crippen LogP contribution in [0.15, 0.2) is 30.3 Å². The van der Waals surface area contributed by atoms with Crippen LogP contribution < -0.4 is 5.32 Å². The van der Waals surface area contributed by atoms with Crippen LogP contribution in [-0.2, 0) is 0 Å². The second-order valence-corrected chi connectivity index (χ2v) is 6.07. The number of amides is 1. The van der Waals surface area contributed by atoms with Crippen molar-refractivity contribution in [2.75, 3.05) is 6.61 Å². The number of hydrogen-bond acceptors (Lipinski definition) is 3. The van der Waals surface area contributed by atoms with Crippen LogP contribution in [0, 0.1) is 5.92 Å². The lowest BCUT2D eigenvalue weighted by Gasteiger charge is -2.38. The summed E-state index contributed by atoms with van der Waals surface area (Å²) in [5.41, 5.74) is 1.21. The van der Waals surface area contributed by atoms with Gasteiger partial charge in [0.25, 0.3) is 0 Å². The third kappa shape index (κ3) is 2.40. The molecule has 3 N–H and O–H groups in total. The molecule has 21 heavy (non-hydrogen) atoms. The largest absolute Gasteiger partial charge is 0.465 e. The molecule has 2 bridgehead atoms. The molecule has 0 aromatic heterocycles. The van der Waals surface area contributed by atoms with Crippen LogP contribution >= 0.6 is 0 Å². The van der Waals surface area contributed by atoms with E-state index in [-0.39, 0.29) is 36.7 Å². The van der Waals surface area contributed by atoms with Gasteiger partial charge in [-0.3, -0.25) is 4.90 Å².